The lowest BCUT2D eigenvalue weighted by atomic mass is 9.84. The molecule has 20 unspecified atom stereocenters. The maximum atomic E-state index is 14.8. The van der Waals surface area contributed by atoms with E-state index in [-0.39, 0.29) is 5.56 Å². The fraction of sp³-hybridized carbons (Fsp3) is 0.590. The summed E-state index contributed by atoms with van der Waals surface area (Å²) >= 11 is 0. The topological polar surface area (TPSA) is 447 Å². The van der Waals surface area contributed by atoms with Gasteiger partial charge in [-0.15, -0.1) is 0 Å². The number of aliphatic hydroxyl groups is 14. The quantitative estimate of drug-likeness (QED) is 0.0840. The lowest BCUT2D eigenvalue weighted by Gasteiger charge is -2.45. The normalized spacial score (nSPS) is 40.1. The molecule has 360 valence electrons. The van der Waals surface area contributed by atoms with Gasteiger partial charge in [0.05, 0.1) is 30.4 Å². The number of fused-ring (bicyclic) bond motifs is 1. The first-order valence-corrected chi connectivity index (χ1v) is 19.9. The van der Waals surface area contributed by atoms with Crippen LogP contribution in [0.3, 0.4) is 0 Å². The van der Waals surface area contributed by atoms with Crippen LogP contribution in [-0.2, 0) is 23.7 Å². The summed E-state index contributed by atoms with van der Waals surface area (Å²) in [6, 6.07) is 3.80. The van der Waals surface area contributed by atoms with Crippen molar-refractivity contribution in [1.82, 2.24) is 0 Å². The van der Waals surface area contributed by atoms with Crippen LogP contribution in [0.4, 0.5) is 0 Å². The first-order chi connectivity index (χ1) is 30.6. The van der Waals surface area contributed by atoms with E-state index in [0.717, 1.165) is 24.3 Å². The number of ether oxygens (including phenoxy) is 6. The Kier molecular flexibility index (Phi) is 14.0. The zero-order chi connectivity index (χ0) is 47.7. The average Bonchev–Trinajstić information content (AvgIpc) is 3.27. The summed E-state index contributed by atoms with van der Waals surface area (Å²) in [6.45, 7) is -0.951. The molecule has 65 heavy (non-hydrogen) atoms. The largest absolute Gasteiger partial charge is 0.504 e. The number of rotatable bonds is 10. The van der Waals surface area contributed by atoms with Crippen molar-refractivity contribution in [2.24, 2.45) is 0 Å². The molecule has 26 nitrogen and oxygen atoms in total. The molecule has 0 amide bonds. The van der Waals surface area contributed by atoms with E-state index in [2.05, 4.69) is 0 Å². The summed E-state index contributed by atoms with van der Waals surface area (Å²) in [6.07, 6.45) is -43.1. The molecule has 20 atom stereocenters. The van der Waals surface area contributed by atoms with E-state index >= 15 is 0 Å². The van der Waals surface area contributed by atoms with Gasteiger partial charge in [0.15, 0.2) is 28.6 Å². The zero-order valence-electron chi connectivity index (χ0n) is 33.5. The Hall–Kier alpha value is -4.40. The van der Waals surface area contributed by atoms with E-state index in [9.17, 15) is 96.4 Å². The molecule has 0 saturated carbocycles. The number of phenols is 2. The van der Waals surface area contributed by atoms with Gasteiger partial charge in [0, 0.05) is 11.6 Å². The number of carbonyl (C=O) groups is 1. The van der Waals surface area contributed by atoms with E-state index in [0.29, 0.717) is 0 Å². The molecule has 4 fully saturated rings. The first kappa shape index (κ1) is 48.5. The molecule has 0 aliphatic carbocycles. The van der Waals surface area contributed by atoms with Crippen LogP contribution in [0.2, 0.25) is 0 Å². The van der Waals surface area contributed by atoms with E-state index in [1.54, 1.807) is 0 Å². The van der Waals surface area contributed by atoms with Gasteiger partial charge < -0.3 is 120 Å². The van der Waals surface area contributed by atoms with Gasteiger partial charge >= 0.3 is 5.97 Å². The van der Waals surface area contributed by atoms with Gasteiger partial charge in [0.1, 0.15) is 120 Å². The summed E-state index contributed by atoms with van der Waals surface area (Å²) in [5.74, 6) is -5.85. The van der Waals surface area contributed by atoms with Crippen molar-refractivity contribution >= 4 is 16.9 Å². The van der Waals surface area contributed by atoms with Gasteiger partial charge in [0.2, 0.25) is 12.6 Å². The molecule has 17 N–H and O–H groups in total. The Bertz CT molecular complexity index is 2270. The van der Waals surface area contributed by atoms with Crippen molar-refractivity contribution < 1.29 is 124 Å². The van der Waals surface area contributed by atoms with Gasteiger partial charge in [0.25, 0.3) is 0 Å². The fourth-order valence-corrected chi connectivity index (χ4v) is 8.14. The van der Waals surface area contributed by atoms with Crippen LogP contribution in [0.5, 0.6) is 23.0 Å². The fourth-order valence-electron chi connectivity index (χ4n) is 8.14. The predicted molar refractivity (Wildman–Crippen MR) is 205 cm³/mol. The van der Waals surface area contributed by atoms with Gasteiger partial charge in [-0.1, -0.05) is 0 Å². The summed E-state index contributed by atoms with van der Waals surface area (Å²) in [4.78, 5) is 26.9. The second kappa shape index (κ2) is 18.7. The highest BCUT2D eigenvalue weighted by Crippen LogP contribution is 2.53. The number of aromatic hydroxyl groups is 2. The predicted octanol–water partition coefficient (Wildman–Crippen LogP) is -6.62. The average molecular weight is 933 g/mol. The Balaban J connectivity index is 1.65. The van der Waals surface area contributed by atoms with E-state index in [4.69, 9.17) is 32.8 Å². The van der Waals surface area contributed by atoms with Gasteiger partial charge in [-0.2, -0.15) is 0 Å². The lowest BCUT2D eigenvalue weighted by Crippen LogP contribution is -2.61. The maximum absolute atomic E-state index is 14.8. The molecule has 3 aromatic rings. The molecule has 4 aliphatic rings. The van der Waals surface area contributed by atoms with Crippen LogP contribution in [0.25, 0.3) is 22.3 Å². The third-order valence-electron chi connectivity index (χ3n) is 11.9. The SMILES string of the molecule is CC1OC(Oc2c(C3OC(CO)C(O)C(O)C3O)c(OC3OC(C(=O)O)C(O)C(O)C3O)c3c(=O)cc(-c4ccc(O)c(O)c4)oc3c2C2OC(CO)C(O)C(O)C2O)C(O)C(O)C1O. The molecule has 4 aliphatic heterocycles. The number of hydrogen-bond acceptors (Lipinski definition) is 25. The molecule has 0 bridgehead atoms. The Morgan fingerprint density at radius 2 is 1.09 bits per heavy atom. The van der Waals surface area contributed by atoms with Crippen molar-refractivity contribution in [1.29, 1.82) is 0 Å². The summed E-state index contributed by atoms with van der Waals surface area (Å²) in [5.41, 5.74) is -4.04. The van der Waals surface area contributed by atoms with Crippen molar-refractivity contribution in [3.63, 3.8) is 0 Å². The number of aliphatic hydroxyl groups excluding tert-OH is 14. The lowest BCUT2D eigenvalue weighted by molar-refractivity contribution is -0.273. The minimum atomic E-state index is -2.46. The number of hydrogen-bond donors (Lipinski definition) is 17. The molecular formula is C39H48O26. The third kappa shape index (κ3) is 8.49. The minimum absolute atomic E-state index is 0.161. The maximum Gasteiger partial charge on any atom is 0.335 e. The number of carboxylic acid groups (broad SMARTS) is 1. The molecule has 5 heterocycles. The minimum Gasteiger partial charge on any atom is -0.504 e. The Labute approximate surface area is 363 Å². The highest BCUT2D eigenvalue weighted by molar-refractivity contribution is 5.92. The Morgan fingerprint density at radius 1 is 0.585 bits per heavy atom. The molecule has 7 rings (SSSR count). The van der Waals surface area contributed by atoms with E-state index in [1.165, 1.54) is 6.92 Å². The number of benzene rings is 2. The molecule has 26 heteroatoms. The van der Waals surface area contributed by atoms with Gasteiger partial charge in [-0.3, -0.25) is 4.79 Å². The monoisotopic (exact) mass is 932 g/mol. The second-order valence-corrected chi connectivity index (χ2v) is 16.0. The van der Waals surface area contributed by atoms with Crippen molar-refractivity contribution in [3.8, 4) is 34.3 Å². The molecular weight excluding hydrogens is 884 g/mol. The first-order valence-electron chi connectivity index (χ1n) is 19.9. The number of aliphatic carboxylic acids is 1. The summed E-state index contributed by atoms with van der Waals surface area (Å²) in [7, 11) is 0. The third-order valence-corrected chi connectivity index (χ3v) is 11.9. The van der Waals surface area contributed by atoms with Crippen LogP contribution in [-0.4, -0.2) is 216 Å². The number of phenolic OH excluding ortho intramolecular Hbond substituents is 2. The number of carboxylic acids is 1. The van der Waals surface area contributed by atoms with Crippen LogP contribution in [0, 0.1) is 0 Å². The standard InChI is InChI=1S/C39H48O26/c1-8-19(45)22(48)29(55)38(59-8)64-33-17(34-26(52)23(49)20(46)14(6-40)61-34)31-16(12(44)5-13(60-31)9-2-3-10(42)11(43)4-9)32(18(33)35-27(53)24(50)21(47)15(7-41)62-35)63-39-30(56)25(51)28(54)36(65-39)37(57)58/h2-5,8,14-15,19-30,34-36,38-43,45-56H,6-7H2,1H3,(H,57,58). The molecule has 0 spiro atoms. The van der Waals surface area contributed by atoms with Gasteiger partial charge in [-0.25, -0.2) is 4.79 Å². The molecule has 2 aromatic carbocycles. The van der Waals surface area contributed by atoms with Crippen molar-refractivity contribution in [2.75, 3.05) is 13.2 Å². The highest BCUT2D eigenvalue weighted by atomic mass is 16.7. The van der Waals surface area contributed by atoms with Crippen molar-refractivity contribution in [3.05, 3.63) is 45.6 Å². The van der Waals surface area contributed by atoms with Gasteiger partial charge in [-0.05, 0) is 25.1 Å². The van der Waals surface area contributed by atoms with Crippen LogP contribution in [0.1, 0.15) is 30.3 Å². The van der Waals surface area contributed by atoms with E-state index in [1.807, 2.05) is 0 Å². The van der Waals surface area contributed by atoms with Crippen molar-refractivity contribution in [2.45, 2.75) is 129 Å². The van der Waals surface area contributed by atoms with Crippen LogP contribution in [0.15, 0.2) is 33.5 Å². The zero-order valence-corrected chi connectivity index (χ0v) is 33.5. The second-order valence-electron chi connectivity index (χ2n) is 16.0. The molecule has 0 radical (unpaired) electrons. The molecule has 4 saturated heterocycles. The smallest absolute Gasteiger partial charge is 0.335 e. The summed E-state index contributed by atoms with van der Waals surface area (Å²) < 4.78 is 41.3. The highest BCUT2D eigenvalue weighted by Gasteiger charge is 2.54. The van der Waals surface area contributed by atoms with Crippen LogP contribution >= 0.6 is 0 Å². The molecule has 1 aromatic heterocycles. The van der Waals surface area contributed by atoms with E-state index < -0.39 is 198 Å². The summed E-state index contributed by atoms with van der Waals surface area (Å²) in [5, 5.41) is 182. The Morgan fingerprint density at radius 3 is 1.63 bits per heavy atom. The van der Waals surface area contributed by atoms with Crippen LogP contribution < -0.4 is 14.9 Å².